The maximum Gasteiger partial charge on any atom is 0.472 e. The van der Waals surface area contributed by atoms with Crippen LogP contribution in [0.15, 0.2) is 0 Å². The Hall–Kier alpha value is -1.94. The van der Waals surface area contributed by atoms with E-state index in [4.69, 9.17) is 37.0 Å². The molecule has 19 heteroatoms. The fourth-order valence-electron chi connectivity index (χ4n) is 11.2. The molecule has 0 saturated heterocycles. The minimum Gasteiger partial charge on any atom is -0.462 e. The van der Waals surface area contributed by atoms with Crippen LogP contribution in [0.25, 0.3) is 0 Å². The van der Waals surface area contributed by atoms with Crippen molar-refractivity contribution in [2.45, 2.75) is 388 Å². The van der Waals surface area contributed by atoms with E-state index in [9.17, 15) is 43.2 Å². The van der Waals surface area contributed by atoms with Crippen LogP contribution in [0, 0.1) is 23.7 Å². The first-order valence-electron chi connectivity index (χ1n) is 38.2. The Kier molecular flexibility index (Phi) is 62.2. The van der Waals surface area contributed by atoms with Gasteiger partial charge < -0.3 is 33.8 Å². The second-order valence-electron chi connectivity index (χ2n) is 28.4. The Balaban J connectivity index is 5.12. The molecule has 0 aliphatic carbocycles. The molecule has 0 aliphatic rings. The van der Waals surface area contributed by atoms with Crippen molar-refractivity contribution in [2.24, 2.45) is 23.7 Å². The first-order valence-corrected chi connectivity index (χ1v) is 41.2. The summed E-state index contributed by atoms with van der Waals surface area (Å²) >= 11 is 0. The molecular weight excluding hydrogens is 1220 g/mol. The van der Waals surface area contributed by atoms with E-state index in [2.05, 4.69) is 55.4 Å². The molecule has 0 amide bonds. The number of carbonyl (C=O) groups is 4. The van der Waals surface area contributed by atoms with Crippen LogP contribution in [-0.4, -0.2) is 96.7 Å². The number of aliphatic hydroxyl groups is 1. The van der Waals surface area contributed by atoms with Gasteiger partial charge in [0.05, 0.1) is 26.4 Å². The lowest BCUT2D eigenvalue weighted by Gasteiger charge is -2.21. The largest absolute Gasteiger partial charge is 0.472 e. The predicted octanol–water partition coefficient (Wildman–Crippen LogP) is 21.3. The van der Waals surface area contributed by atoms with Crippen molar-refractivity contribution in [3.05, 3.63) is 0 Å². The van der Waals surface area contributed by atoms with Gasteiger partial charge in [-0.3, -0.25) is 37.3 Å². The van der Waals surface area contributed by atoms with E-state index in [0.29, 0.717) is 31.6 Å². The lowest BCUT2D eigenvalue weighted by molar-refractivity contribution is -0.161. The molecule has 0 rings (SSSR count). The van der Waals surface area contributed by atoms with Gasteiger partial charge in [-0.2, -0.15) is 0 Å². The van der Waals surface area contributed by atoms with E-state index in [1.54, 1.807) is 0 Å². The van der Waals surface area contributed by atoms with Crippen LogP contribution < -0.4 is 0 Å². The summed E-state index contributed by atoms with van der Waals surface area (Å²) in [6.07, 6.45) is 47.6. The topological polar surface area (TPSA) is 237 Å². The number of phosphoric ester groups is 2. The molecule has 3 N–H and O–H groups in total. The first kappa shape index (κ1) is 91.1. The van der Waals surface area contributed by atoms with E-state index in [1.165, 1.54) is 167 Å². The number of ether oxygens (including phenoxy) is 4. The second kappa shape index (κ2) is 63.5. The van der Waals surface area contributed by atoms with Crippen LogP contribution >= 0.6 is 15.6 Å². The van der Waals surface area contributed by atoms with Crippen LogP contribution in [0.5, 0.6) is 0 Å². The molecule has 93 heavy (non-hydrogen) atoms. The van der Waals surface area contributed by atoms with Gasteiger partial charge in [0.1, 0.15) is 19.3 Å². The lowest BCUT2D eigenvalue weighted by Crippen LogP contribution is -2.30. The minimum atomic E-state index is -4.95. The second-order valence-corrected chi connectivity index (χ2v) is 31.3. The quantitative estimate of drug-likeness (QED) is 0.0222. The third kappa shape index (κ3) is 67.0. The Labute approximate surface area is 568 Å². The van der Waals surface area contributed by atoms with Gasteiger partial charge in [-0.05, 0) is 49.4 Å². The van der Waals surface area contributed by atoms with Crippen LogP contribution in [0.2, 0.25) is 0 Å². The minimum absolute atomic E-state index is 0.102. The van der Waals surface area contributed by atoms with Gasteiger partial charge in [0.25, 0.3) is 0 Å². The van der Waals surface area contributed by atoms with Crippen LogP contribution in [0.3, 0.4) is 0 Å². The zero-order valence-electron chi connectivity index (χ0n) is 60.9. The van der Waals surface area contributed by atoms with Gasteiger partial charge in [0.15, 0.2) is 12.2 Å². The first-order chi connectivity index (χ1) is 44.6. The van der Waals surface area contributed by atoms with Crippen molar-refractivity contribution in [3.8, 4) is 0 Å². The summed E-state index contributed by atoms with van der Waals surface area (Å²) in [6, 6.07) is 0. The van der Waals surface area contributed by atoms with Gasteiger partial charge in [0, 0.05) is 25.7 Å². The van der Waals surface area contributed by atoms with Gasteiger partial charge in [-0.25, -0.2) is 9.13 Å². The number of esters is 4. The maximum absolute atomic E-state index is 13.0. The molecule has 0 heterocycles. The number of hydrogen-bond donors (Lipinski definition) is 3. The van der Waals surface area contributed by atoms with Crippen LogP contribution in [0.4, 0.5) is 0 Å². The molecule has 0 fully saturated rings. The fraction of sp³-hybridized carbons (Fsp3) is 0.946. The number of aliphatic hydroxyl groups excluding tert-OH is 1. The average Bonchev–Trinajstić information content (AvgIpc) is 1.59. The van der Waals surface area contributed by atoms with E-state index in [1.807, 2.05) is 0 Å². The lowest BCUT2D eigenvalue weighted by atomic mass is 10.00. The Morgan fingerprint density at radius 1 is 0.301 bits per heavy atom. The SMILES string of the molecule is CCC(C)CCCCCCCCC(=O)OC[C@H](COP(=O)(O)OC[C@H](O)COP(=O)(O)OC[C@@H](COC(=O)CCCCCCCCCCCCCCCCCCCCC(C)C)OC(=O)CCCCCCCCC(C)C)OC(=O)CCCCCCCCCCCCC(C)C. The van der Waals surface area contributed by atoms with Gasteiger partial charge in [-0.1, -0.05) is 319 Å². The number of unbranched alkanes of at least 4 members (excludes halogenated alkanes) is 36. The van der Waals surface area contributed by atoms with Crippen molar-refractivity contribution in [1.82, 2.24) is 0 Å². The maximum atomic E-state index is 13.0. The summed E-state index contributed by atoms with van der Waals surface area (Å²) in [5.41, 5.74) is 0. The van der Waals surface area contributed by atoms with Crippen LogP contribution in [-0.2, 0) is 65.4 Å². The number of phosphoric acid groups is 2. The summed E-state index contributed by atoms with van der Waals surface area (Å²) in [5.74, 6) is 0.845. The summed E-state index contributed by atoms with van der Waals surface area (Å²) in [6.45, 7) is 14.1. The Morgan fingerprint density at radius 2 is 0.516 bits per heavy atom. The third-order valence-electron chi connectivity index (χ3n) is 17.4. The molecule has 0 aromatic rings. The zero-order chi connectivity index (χ0) is 68.9. The van der Waals surface area contributed by atoms with Crippen LogP contribution in [0.1, 0.15) is 370 Å². The number of carbonyl (C=O) groups excluding carboxylic acids is 4. The normalized spacial score (nSPS) is 14.5. The zero-order valence-corrected chi connectivity index (χ0v) is 62.7. The van der Waals surface area contributed by atoms with E-state index in [0.717, 1.165) is 114 Å². The van der Waals surface area contributed by atoms with Crippen molar-refractivity contribution in [1.29, 1.82) is 0 Å². The molecule has 0 bridgehead atoms. The molecule has 0 saturated carbocycles. The Morgan fingerprint density at radius 3 is 0.763 bits per heavy atom. The smallest absolute Gasteiger partial charge is 0.462 e. The molecular formula is C74H144O17P2. The molecule has 0 aliphatic heterocycles. The van der Waals surface area contributed by atoms with E-state index in [-0.39, 0.29) is 25.7 Å². The fourth-order valence-corrected chi connectivity index (χ4v) is 12.7. The highest BCUT2D eigenvalue weighted by Gasteiger charge is 2.30. The van der Waals surface area contributed by atoms with Crippen molar-refractivity contribution in [2.75, 3.05) is 39.6 Å². The van der Waals surface area contributed by atoms with E-state index >= 15 is 0 Å². The number of hydrogen-bond acceptors (Lipinski definition) is 15. The summed E-state index contributed by atoms with van der Waals surface area (Å²) < 4.78 is 68.3. The monoisotopic (exact) mass is 1370 g/mol. The molecule has 17 nitrogen and oxygen atoms in total. The number of rotatable bonds is 71. The Bertz CT molecular complexity index is 1840. The molecule has 3 unspecified atom stereocenters. The van der Waals surface area contributed by atoms with Gasteiger partial charge in [-0.15, -0.1) is 0 Å². The molecule has 0 aromatic heterocycles. The molecule has 0 aromatic carbocycles. The highest BCUT2D eigenvalue weighted by molar-refractivity contribution is 7.47. The summed E-state index contributed by atoms with van der Waals surface area (Å²) in [7, 11) is -9.91. The van der Waals surface area contributed by atoms with E-state index < -0.39 is 97.5 Å². The highest BCUT2D eigenvalue weighted by Crippen LogP contribution is 2.45. The average molecular weight is 1370 g/mol. The van der Waals surface area contributed by atoms with Gasteiger partial charge in [0.2, 0.25) is 0 Å². The van der Waals surface area contributed by atoms with Gasteiger partial charge >= 0.3 is 39.5 Å². The molecule has 6 atom stereocenters. The third-order valence-corrected chi connectivity index (χ3v) is 19.3. The summed E-state index contributed by atoms with van der Waals surface area (Å²) in [5, 5.41) is 10.6. The predicted molar refractivity (Wildman–Crippen MR) is 377 cm³/mol. The van der Waals surface area contributed by atoms with Crippen molar-refractivity contribution < 1.29 is 80.2 Å². The van der Waals surface area contributed by atoms with Crippen molar-refractivity contribution >= 4 is 39.5 Å². The molecule has 552 valence electrons. The summed E-state index contributed by atoms with van der Waals surface area (Å²) in [4.78, 5) is 72.6. The highest BCUT2D eigenvalue weighted by atomic mass is 31.2. The van der Waals surface area contributed by atoms with Crippen molar-refractivity contribution in [3.63, 3.8) is 0 Å². The standard InChI is InChI=1S/C74H144O17P2/c1-9-67(8)53-45-37-31-33-39-47-55-72(77)85-61-69(90-73(78)56-48-40-29-25-21-20-23-27-35-43-51-65(4)5)62-88-92(80,81)86-58-68(75)59-87-93(82,83)89-63-70(91-74(79)57-49-41-32-30-36-44-52-66(6)7)60-84-71(76)54-46-38-28-24-19-17-15-13-11-10-12-14-16-18-22-26-34-42-50-64(2)3/h64-70,75H,9-63H2,1-8H3,(H,80,81)(H,82,83)/t67?,68-,69+,70+/m0/s1. The molecule has 0 spiro atoms. The molecule has 0 radical (unpaired) electrons.